The Morgan fingerprint density at radius 1 is 1.14 bits per heavy atom. The molecule has 2 aliphatic rings. The maximum Gasteiger partial charge on any atom is 0.529 e. The standard InChI is InChI=1S/C22H34BF2N2O2/c1-2-3-4-5-6-7-10-18-13-15-20-17-21-16-14-19(11-8-9-12-22(28)29)27(21)23(24,25)26(18)20/h14,16-18H,2-13,15H2,1H3,(H,28,29)/q-1. The van der Waals surface area contributed by atoms with Gasteiger partial charge in [-0.05, 0) is 74.2 Å². The summed E-state index contributed by atoms with van der Waals surface area (Å²) in [7, 11) is 0. The average Bonchev–Trinajstić information content (AvgIpc) is 3.27. The van der Waals surface area contributed by atoms with Crippen LogP contribution in [-0.2, 0) is 11.2 Å². The first kappa shape index (κ1) is 21.9. The summed E-state index contributed by atoms with van der Waals surface area (Å²) < 4.78 is 32.5. The number of carboxylic acid groups (broad SMARTS) is 1. The van der Waals surface area contributed by atoms with Crippen LogP contribution in [0.4, 0.5) is 8.63 Å². The molecular weight excluding hydrogens is 373 g/mol. The van der Waals surface area contributed by atoms with Crippen molar-refractivity contribution in [1.82, 2.24) is 9.29 Å². The van der Waals surface area contributed by atoms with Gasteiger partial charge in [0.05, 0.1) is 0 Å². The van der Waals surface area contributed by atoms with E-state index in [0.717, 1.165) is 37.8 Å². The molecule has 3 rings (SSSR count). The van der Waals surface area contributed by atoms with Gasteiger partial charge < -0.3 is 23.0 Å². The third kappa shape index (κ3) is 5.04. The predicted octanol–water partition coefficient (Wildman–Crippen LogP) is 6.08. The molecule has 0 aliphatic carbocycles. The minimum Gasteiger partial charge on any atom is -0.481 e. The van der Waals surface area contributed by atoms with E-state index in [1.54, 1.807) is 12.1 Å². The number of aliphatic carboxylic acids is 1. The Bertz CT molecular complexity index is 732. The molecule has 1 aromatic heterocycles. The van der Waals surface area contributed by atoms with E-state index in [9.17, 15) is 4.79 Å². The molecule has 1 saturated heterocycles. The molecule has 1 unspecified atom stereocenters. The fourth-order valence-corrected chi connectivity index (χ4v) is 4.95. The van der Waals surface area contributed by atoms with Crippen LogP contribution in [-0.4, -0.2) is 33.4 Å². The fraction of sp³-hybridized carbons (Fsp3) is 0.682. The molecule has 1 fully saturated rings. The highest BCUT2D eigenvalue weighted by molar-refractivity contribution is 6.63. The van der Waals surface area contributed by atoms with Gasteiger partial charge in [0.2, 0.25) is 0 Å². The van der Waals surface area contributed by atoms with E-state index in [4.69, 9.17) is 5.11 Å². The molecule has 0 spiro atoms. The van der Waals surface area contributed by atoms with Crippen LogP contribution in [0.1, 0.15) is 95.4 Å². The first-order valence-electron chi connectivity index (χ1n) is 11.4. The Kier molecular flexibility index (Phi) is 7.41. The van der Waals surface area contributed by atoms with Crippen LogP contribution in [0.25, 0.3) is 6.08 Å². The molecule has 162 valence electrons. The lowest BCUT2D eigenvalue weighted by Gasteiger charge is -2.48. The molecule has 3 heterocycles. The molecular formula is C22H34BF2N2O2-. The number of fused-ring (bicyclic) bond motifs is 2. The molecule has 29 heavy (non-hydrogen) atoms. The van der Waals surface area contributed by atoms with Crippen LogP contribution >= 0.6 is 0 Å². The number of allylic oxidation sites excluding steroid dienone is 1. The highest BCUT2D eigenvalue weighted by atomic mass is 19.2. The van der Waals surface area contributed by atoms with Gasteiger partial charge in [0.1, 0.15) is 0 Å². The highest BCUT2D eigenvalue weighted by Crippen LogP contribution is 2.42. The monoisotopic (exact) mass is 407 g/mol. The maximum absolute atomic E-state index is 15.6. The number of aryl methyl sites for hydroxylation is 1. The molecule has 2 aliphatic heterocycles. The van der Waals surface area contributed by atoms with Crippen LogP contribution in [0.3, 0.4) is 0 Å². The summed E-state index contributed by atoms with van der Waals surface area (Å²) in [6.45, 7) is -1.64. The van der Waals surface area contributed by atoms with Crippen LogP contribution < -0.4 is 0 Å². The van der Waals surface area contributed by atoms with Crippen molar-refractivity contribution in [3.05, 3.63) is 29.2 Å². The summed E-state index contributed by atoms with van der Waals surface area (Å²) in [5.41, 5.74) is 2.00. The molecule has 0 bridgehead atoms. The number of hydrogen-bond acceptors (Lipinski definition) is 2. The second kappa shape index (κ2) is 9.81. The van der Waals surface area contributed by atoms with E-state index >= 15 is 8.63 Å². The van der Waals surface area contributed by atoms with E-state index < -0.39 is 12.9 Å². The van der Waals surface area contributed by atoms with Gasteiger partial charge in [0, 0.05) is 12.1 Å². The maximum atomic E-state index is 15.6. The van der Waals surface area contributed by atoms with Crippen molar-refractivity contribution in [3.63, 3.8) is 0 Å². The van der Waals surface area contributed by atoms with Gasteiger partial charge in [-0.25, -0.2) is 0 Å². The zero-order chi connectivity index (χ0) is 20.9. The zero-order valence-corrected chi connectivity index (χ0v) is 17.6. The zero-order valence-electron chi connectivity index (χ0n) is 17.6. The number of carbonyl (C=O) groups is 1. The first-order chi connectivity index (χ1) is 13.9. The third-order valence-electron chi connectivity index (χ3n) is 6.42. The largest absolute Gasteiger partial charge is 0.529 e. The summed E-state index contributed by atoms with van der Waals surface area (Å²) in [6, 6.07) is 3.50. The average molecular weight is 407 g/mol. The Morgan fingerprint density at radius 3 is 2.66 bits per heavy atom. The van der Waals surface area contributed by atoms with Gasteiger partial charge in [-0.2, -0.15) is 0 Å². The second-order valence-electron chi connectivity index (χ2n) is 8.60. The Hall–Kier alpha value is -1.79. The van der Waals surface area contributed by atoms with E-state index in [-0.39, 0.29) is 12.5 Å². The Morgan fingerprint density at radius 2 is 1.90 bits per heavy atom. The molecule has 1 atom stereocenters. The van der Waals surface area contributed by atoms with Crippen molar-refractivity contribution >= 4 is 19.0 Å². The van der Waals surface area contributed by atoms with Crippen molar-refractivity contribution in [2.24, 2.45) is 0 Å². The lowest BCUT2D eigenvalue weighted by molar-refractivity contribution is -0.137. The number of rotatable bonds is 12. The summed E-state index contributed by atoms with van der Waals surface area (Å²) in [4.78, 5) is 12.1. The van der Waals surface area contributed by atoms with Gasteiger partial charge >= 0.3 is 12.9 Å². The molecule has 7 heteroatoms. The number of carboxylic acids is 1. The smallest absolute Gasteiger partial charge is 0.481 e. The summed E-state index contributed by atoms with van der Waals surface area (Å²) in [5, 5.41) is 8.77. The van der Waals surface area contributed by atoms with Gasteiger partial charge in [0.25, 0.3) is 0 Å². The summed E-state index contributed by atoms with van der Waals surface area (Å²) >= 11 is 0. The molecule has 1 N–H and O–H groups in total. The van der Waals surface area contributed by atoms with Gasteiger partial charge in [-0.3, -0.25) is 4.79 Å². The first-order valence-corrected chi connectivity index (χ1v) is 11.4. The van der Waals surface area contributed by atoms with Crippen LogP contribution in [0, 0.1) is 0 Å². The highest BCUT2D eigenvalue weighted by Gasteiger charge is 2.46. The topological polar surface area (TPSA) is 45.5 Å². The molecule has 0 radical (unpaired) electrons. The normalized spacial score (nSPS) is 19.8. The molecule has 0 saturated carbocycles. The third-order valence-corrected chi connectivity index (χ3v) is 6.42. The number of aromatic nitrogens is 1. The quantitative estimate of drug-likeness (QED) is 0.338. The van der Waals surface area contributed by atoms with Crippen LogP contribution in [0.5, 0.6) is 0 Å². The van der Waals surface area contributed by atoms with Crippen LogP contribution in [0.2, 0.25) is 0 Å². The molecule has 0 aromatic carbocycles. The minimum atomic E-state index is -3.83. The lowest BCUT2D eigenvalue weighted by Crippen LogP contribution is -2.56. The Labute approximate surface area is 173 Å². The van der Waals surface area contributed by atoms with Crippen molar-refractivity contribution < 1.29 is 18.5 Å². The van der Waals surface area contributed by atoms with E-state index in [1.165, 1.54) is 35.0 Å². The predicted molar refractivity (Wildman–Crippen MR) is 114 cm³/mol. The van der Waals surface area contributed by atoms with Crippen molar-refractivity contribution in [3.8, 4) is 0 Å². The fourth-order valence-electron chi connectivity index (χ4n) is 4.95. The number of hydrogen-bond donors (Lipinski definition) is 1. The summed E-state index contributed by atoms with van der Waals surface area (Å²) in [6.07, 6.45) is 13.1. The van der Waals surface area contributed by atoms with Crippen molar-refractivity contribution in [1.29, 1.82) is 0 Å². The Balaban J connectivity index is 1.63. The number of nitrogens with zero attached hydrogens (tertiary/aromatic N) is 2. The van der Waals surface area contributed by atoms with Gasteiger partial charge in [-0.15, -0.1) is 0 Å². The lowest BCUT2D eigenvalue weighted by atomic mass is 9.86. The number of unbranched alkanes of at least 4 members (excludes halogenated alkanes) is 6. The van der Waals surface area contributed by atoms with Crippen molar-refractivity contribution in [2.75, 3.05) is 0 Å². The van der Waals surface area contributed by atoms with Gasteiger partial charge in [0.15, 0.2) is 0 Å². The number of halogens is 2. The van der Waals surface area contributed by atoms with Crippen molar-refractivity contribution in [2.45, 2.75) is 96.4 Å². The SMILES string of the molecule is CCCCCCCCC1CCC2=Cc3ccc(CCCCC(=O)O)n3[B-](F)(F)N21. The van der Waals surface area contributed by atoms with E-state index in [2.05, 4.69) is 6.92 Å². The second-order valence-corrected chi connectivity index (χ2v) is 8.60. The van der Waals surface area contributed by atoms with Gasteiger partial charge in [-0.1, -0.05) is 45.4 Å². The molecule has 0 amide bonds. The van der Waals surface area contributed by atoms with E-state index in [1.807, 2.05) is 6.08 Å². The molecule has 1 aromatic rings. The molecule has 4 nitrogen and oxygen atoms in total. The van der Waals surface area contributed by atoms with E-state index in [0.29, 0.717) is 30.7 Å². The summed E-state index contributed by atoms with van der Waals surface area (Å²) in [5.74, 6) is -0.834. The minimum absolute atomic E-state index is 0.0714. The van der Waals surface area contributed by atoms with Crippen LogP contribution in [0.15, 0.2) is 17.8 Å².